The molecule has 2 aromatic heterocycles. The molecule has 210 valence electrons. The van der Waals surface area contributed by atoms with Gasteiger partial charge in [0.15, 0.2) is 0 Å². The minimum absolute atomic E-state index is 0.0355. The van der Waals surface area contributed by atoms with Gasteiger partial charge in [0.25, 0.3) is 0 Å². The van der Waals surface area contributed by atoms with Gasteiger partial charge in [-0.25, -0.2) is 9.97 Å². The fourth-order valence-corrected chi connectivity index (χ4v) is 5.29. The van der Waals surface area contributed by atoms with Gasteiger partial charge in [-0.2, -0.15) is 0 Å². The lowest BCUT2D eigenvalue weighted by Gasteiger charge is -2.34. The molecule has 2 aromatic rings. The average molecular weight is 540 g/mol. The molecule has 3 N–H and O–H groups in total. The third-order valence-corrected chi connectivity index (χ3v) is 7.50. The average Bonchev–Trinajstić information content (AvgIpc) is 2.92. The first-order valence-corrected chi connectivity index (χ1v) is 13.6. The van der Waals surface area contributed by atoms with E-state index in [1.807, 2.05) is 6.92 Å². The summed E-state index contributed by atoms with van der Waals surface area (Å²) < 4.78 is 4.85. The number of hydrogen-bond donors (Lipinski definition) is 3. The maximum Gasteiger partial charge on any atom is 0.308 e. The first-order chi connectivity index (χ1) is 18.7. The molecule has 0 aromatic carbocycles. The molecular weight excluding hydrogens is 502 g/mol. The Hall–Kier alpha value is -3.76. The number of carbonyl (C=O) groups excluding carboxylic acids is 1. The SMILES string of the molecule is Cc1nc(NC[C@H](CC(=O)OCCC(=O)O)C(=O)O)c(C)c(N2CCC(c3ccc4c(n3)CCCC4)CC2)n1. The lowest BCUT2D eigenvalue weighted by Crippen LogP contribution is -2.35. The lowest BCUT2D eigenvalue weighted by molar-refractivity contribution is -0.152. The van der Waals surface area contributed by atoms with Gasteiger partial charge in [0, 0.05) is 42.5 Å². The number of esters is 1. The van der Waals surface area contributed by atoms with Crippen LogP contribution in [0, 0.1) is 19.8 Å². The minimum Gasteiger partial charge on any atom is -0.481 e. The van der Waals surface area contributed by atoms with Gasteiger partial charge in [-0.1, -0.05) is 6.07 Å². The smallest absolute Gasteiger partial charge is 0.308 e. The molecule has 0 amide bonds. The van der Waals surface area contributed by atoms with E-state index in [-0.39, 0.29) is 26.0 Å². The molecule has 0 radical (unpaired) electrons. The maximum atomic E-state index is 12.0. The largest absolute Gasteiger partial charge is 0.481 e. The highest BCUT2D eigenvalue weighted by Crippen LogP contribution is 2.33. The molecule has 11 nitrogen and oxygen atoms in total. The van der Waals surface area contributed by atoms with Crippen LogP contribution in [-0.2, 0) is 32.0 Å². The van der Waals surface area contributed by atoms with Crippen LogP contribution in [0.2, 0.25) is 0 Å². The number of carbonyl (C=O) groups is 3. The molecule has 1 saturated heterocycles. The zero-order valence-electron chi connectivity index (χ0n) is 22.6. The van der Waals surface area contributed by atoms with Crippen molar-refractivity contribution in [3.05, 3.63) is 40.5 Å². The summed E-state index contributed by atoms with van der Waals surface area (Å²) in [5, 5.41) is 21.3. The van der Waals surface area contributed by atoms with Gasteiger partial charge in [0.2, 0.25) is 0 Å². The molecular formula is C28H37N5O6. The van der Waals surface area contributed by atoms with Crippen LogP contribution in [0.1, 0.15) is 72.8 Å². The van der Waals surface area contributed by atoms with Crippen molar-refractivity contribution in [3.8, 4) is 0 Å². The number of hydrogen-bond acceptors (Lipinski definition) is 9. The Morgan fingerprint density at radius 3 is 2.54 bits per heavy atom. The van der Waals surface area contributed by atoms with Gasteiger partial charge in [0.1, 0.15) is 24.1 Å². The van der Waals surface area contributed by atoms with Crippen LogP contribution in [0.3, 0.4) is 0 Å². The van der Waals surface area contributed by atoms with Crippen molar-refractivity contribution in [2.75, 3.05) is 36.5 Å². The van der Waals surface area contributed by atoms with Gasteiger partial charge in [-0.3, -0.25) is 19.4 Å². The Bertz CT molecular complexity index is 1210. The summed E-state index contributed by atoms with van der Waals surface area (Å²) in [6.45, 7) is 5.05. The first-order valence-electron chi connectivity index (χ1n) is 13.6. The molecule has 1 aliphatic carbocycles. The van der Waals surface area contributed by atoms with E-state index >= 15 is 0 Å². The number of carboxylic acid groups (broad SMARTS) is 2. The van der Waals surface area contributed by atoms with E-state index in [0.717, 1.165) is 50.2 Å². The molecule has 39 heavy (non-hydrogen) atoms. The summed E-state index contributed by atoms with van der Waals surface area (Å²) in [5.74, 6) is -1.72. The number of ether oxygens (including phenoxy) is 1. The second-order valence-electron chi connectivity index (χ2n) is 10.4. The predicted octanol–water partition coefficient (Wildman–Crippen LogP) is 3.27. The number of piperidine rings is 1. The molecule has 11 heteroatoms. The summed E-state index contributed by atoms with van der Waals surface area (Å²) in [6, 6.07) is 4.46. The number of aromatic nitrogens is 3. The second-order valence-corrected chi connectivity index (χ2v) is 10.4. The number of anilines is 2. The summed E-state index contributed by atoms with van der Waals surface area (Å²) in [4.78, 5) is 50.8. The fraction of sp³-hybridized carbons (Fsp3) is 0.571. The van der Waals surface area contributed by atoms with Crippen LogP contribution in [-0.4, -0.2) is 69.3 Å². The van der Waals surface area contributed by atoms with Crippen molar-refractivity contribution in [2.24, 2.45) is 5.92 Å². The summed E-state index contributed by atoms with van der Waals surface area (Å²) in [7, 11) is 0. The van der Waals surface area contributed by atoms with E-state index in [0.29, 0.717) is 17.6 Å². The van der Waals surface area contributed by atoms with E-state index in [9.17, 15) is 19.5 Å². The molecule has 0 saturated carbocycles. The van der Waals surface area contributed by atoms with Gasteiger partial charge < -0.3 is 25.2 Å². The van der Waals surface area contributed by atoms with Crippen molar-refractivity contribution in [2.45, 2.75) is 71.1 Å². The minimum atomic E-state index is -1.15. The molecule has 2 aliphatic rings. The van der Waals surface area contributed by atoms with Crippen molar-refractivity contribution in [3.63, 3.8) is 0 Å². The number of aliphatic carboxylic acids is 2. The lowest BCUT2D eigenvalue weighted by atomic mass is 9.90. The molecule has 0 unspecified atom stereocenters. The highest BCUT2D eigenvalue weighted by atomic mass is 16.5. The summed E-state index contributed by atoms with van der Waals surface area (Å²) in [5.41, 5.74) is 4.68. The van der Waals surface area contributed by atoms with Gasteiger partial charge in [-0.15, -0.1) is 0 Å². The molecule has 1 atom stereocenters. The Morgan fingerprint density at radius 1 is 1.08 bits per heavy atom. The van der Waals surface area contributed by atoms with Gasteiger partial charge in [0.05, 0.1) is 18.8 Å². The van der Waals surface area contributed by atoms with E-state index in [1.54, 1.807) is 6.92 Å². The number of nitrogens with one attached hydrogen (secondary N) is 1. The molecule has 0 bridgehead atoms. The van der Waals surface area contributed by atoms with Crippen LogP contribution in [0.25, 0.3) is 0 Å². The van der Waals surface area contributed by atoms with Crippen LogP contribution in [0.4, 0.5) is 11.6 Å². The highest BCUT2D eigenvalue weighted by molar-refractivity contribution is 5.79. The summed E-state index contributed by atoms with van der Waals surface area (Å²) >= 11 is 0. The van der Waals surface area contributed by atoms with Crippen LogP contribution < -0.4 is 10.2 Å². The Balaban J connectivity index is 1.37. The van der Waals surface area contributed by atoms with Crippen LogP contribution >= 0.6 is 0 Å². The van der Waals surface area contributed by atoms with E-state index < -0.39 is 23.8 Å². The molecule has 1 aliphatic heterocycles. The number of rotatable bonds is 11. The maximum absolute atomic E-state index is 12.0. The predicted molar refractivity (Wildman–Crippen MR) is 144 cm³/mol. The zero-order valence-corrected chi connectivity index (χ0v) is 22.6. The third-order valence-electron chi connectivity index (χ3n) is 7.50. The number of carboxylic acids is 2. The first kappa shape index (κ1) is 28.3. The van der Waals surface area contributed by atoms with E-state index in [2.05, 4.69) is 27.3 Å². The second kappa shape index (κ2) is 12.9. The van der Waals surface area contributed by atoms with E-state index in [1.165, 1.54) is 29.8 Å². The summed E-state index contributed by atoms with van der Waals surface area (Å²) in [6.07, 6.45) is 5.92. The van der Waals surface area contributed by atoms with Crippen molar-refractivity contribution in [1.82, 2.24) is 15.0 Å². The number of pyridine rings is 1. The monoisotopic (exact) mass is 539 g/mol. The van der Waals surface area contributed by atoms with Crippen molar-refractivity contribution >= 4 is 29.5 Å². The zero-order chi connectivity index (χ0) is 27.9. The quantitative estimate of drug-likeness (QED) is 0.360. The Morgan fingerprint density at radius 2 is 1.82 bits per heavy atom. The molecule has 4 rings (SSSR count). The van der Waals surface area contributed by atoms with Gasteiger partial charge in [-0.05, 0) is 64.0 Å². The standard InChI is InChI=1S/C28H37N5O6/c1-17-26(29-16-21(28(37)38)15-25(36)39-14-11-24(34)35)30-18(2)31-27(17)33-12-9-20(10-13-33)23-8-7-19-5-3-4-6-22(19)32-23/h7-8,20-21H,3-6,9-16H2,1-2H3,(H,34,35)(H,37,38)(H,29,30,31)/t21-/m0/s1. The fourth-order valence-electron chi connectivity index (χ4n) is 5.29. The highest BCUT2D eigenvalue weighted by Gasteiger charge is 2.27. The molecule has 0 spiro atoms. The topological polar surface area (TPSA) is 155 Å². The van der Waals surface area contributed by atoms with Gasteiger partial charge >= 0.3 is 17.9 Å². The third kappa shape index (κ3) is 7.42. The normalized spacial score (nSPS) is 16.3. The molecule has 1 fully saturated rings. The number of fused-ring (bicyclic) bond motifs is 1. The van der Waals surface area contributed by atoms with Crippen molar-refractivity contribution < 1.29 is 29.3 Å². The van der Waals surface area contributed by atoms with Crippen molar-refractivity contribution in [1.29, 1.82) is 0 Å². The van der Waals surface area contributed by atoms with Crippen LogP contribution in [0.5, 0.6) is 0 Å². The van der Waals surface area contributed by atoms with E-state index in [4.69, 9.17) is 19.8 Å². The number of nitrogens with zero attached hydrogens (tertiary/aromatic N) is 4. The Labute approximate surface area is 228 Å². The van der Waals surface area contributed by atoms with Crippen LogP contribution in [0.15, 0.2) is 12.1 Å². The molecule has 3 heterocycles. The Kier molecular flexibility index (Phi) is 9.32. The number of aryl methyl sites for hydroxylation is 3.